The number of carbonyl (C=O) groups excluding carboxylic acids is 1. The van der Waals surface area contributed by atoms with E-state index in [-0.39, 0.29) is 17.1 Å². The first-order chi connectivity index (χ1) is 9.25. The van der Waals surface area contributed by atoms with Crippen molar-refractivity contribution in [2.24, 2.45) is 0 Å². The molecule has 2 aromatic carbocycles. The van der Waals surface area contributed by atoms with Crippen molar-refractivity contribution in [1.29, 1.82) is 0 Å². The van der Waals surface area contributed by atoms with E-state index in [9.17, 15) is 9.18 Å². The fourth-order valence-electron chi connectivity index (χ4n) is 2.19. The first kappa shape index (κ1) is 12.2. The van der Waals surface area contributed by atoms with Gasteiger partial charge in [-0.2, -0.15) is 0 Å². The Kier molecular flexibility index (Phi) is 3.25. The van der Waals surface area contributed by atoms with E-state index in [1.165, 1.54) is 12.1 Å². The lowest BCUT2D eigenvalue weighted by Gasteiger charge is -2.24. The van der Waals surface area contributed by atoms with Crippen molar-refractivity contribution < 1.29 is 9.18 Å². The van der Waals surface area contributed by atoms with E-state index in [0.717, 1.165) is 5.56 Å². The van der Waals surface area contributed by atoms with Gasteiger partial charge in [-0.15, -0.1) is 11.8 Å². The monoisotopic (exact) mass is 273 g/mol. The molecule has 0 aromatic heterocycles. The number of rotatable bonds is 2. The molecule has 1 amide bonds. The Morgan fingerprint density at radius 3 is 2.63 bits per heavy atom. The molecule has 3 rings (SSSR count). The van der Waals surface area contributed by atoms with E-state index in [4.69, 9.17) is 0 Å². The zero-order chi connectivity index (χ0) is 13.2. The summed E-state index contributed by atoms with van der Waals surface area (Å²) in [6, 6.07) is 16.0. The Morgan fingerprint density at radius 1 is 1.11 bits per heavy atom. The second-order valence-corrected chi connectivity index (χ2v) is 5.39. The van der Waals surface area contributed by atoms with Crippen molar-refractivity contribution in [3.63, 3.8) is 0 Å². The van der Waals surface area contributed by atoms with Crippen LogP contribution in [0.15, 0.2) is 54.6 Å². The molecule has 1 atom stereocenters. The van der Waals surface area contributed by atoms with Gasteiger partial charge >= 0.3 is 0 Å². The maximum atomic E-state index is 13.3. The number of anilines is 1. The highest BCUT2D eigenvalue weighted by Gasteiger charge is 2.33. The summed E-state index contributed by atoms with van der Waals surface area (Å²) in [5, 5.41) is -0.0736. The molecule has 96 valence electrons. The van der Waals surface area contributed by atoms with Gasteiger partial charge in [-0.3, -0.25) is 9.69 Å². The topological polar surface area (TPSA) is 20.3 Å². The van der Waals surface area contributed by atoms with E-state index < -0.39 is 0 Å². The molecule has 1 aliphatic rings. The van der Waals surface area contributed by atoms with Crippen molar-refractivity contribution in [2.45, 2.75) is 5.37 Å². The highest BCUT2D eigenvalue weighted by atomic mass is 32.2. The maximum absolute atomic E-state index is 13.3. The van der Waals surface area contributed by atoms with Gasteiger partial charge in [0, 0.05) is 5.69 Å². The van der Waals surface area contributed by atoms with Crippen molar-refractivity contribution in [3.05, 3.63) is 66.0 Å². The molecule has 2 aromatic rings. The van der Waals surface area contributed by atoms with Gasteiger partial charge in [-0.05, 0) is 23.8 Å². The molecular weight excluding hydrogens is 261 g/mol. The van der Waals surface area contributed by atoms with Crippen LogP contribution in [-0.2, 0) is 4.79 Å². The van der Waals surface area contributed by atoms with Crippen LogP contribution in [0, 0.1) is 5.82 Å². The minimum absolute atomic E-state index is 0.0180. The zero-order valence-electron chi connectivity index (χ0n) is 10.1. The smallest absolute Gasteiger partial charge is 0.238 e. The van der Waals surface area contributed by atoms with Crippen molar-refractivity contribution in [3.8, 4) is 0 Å². The van der Waals surface area contributed by atoms with Crippen LogP contribution in [-0.4, -0.2) is 11.7 Å². The number of carbonyl (C=O) groups is 1. The lowest BCUT2D eigenvalue weighted by atomic mass is 10.2. The van der Waals surface area contributed by atoms with E-state index in [1.54, 1.807) is 28.8 Å². The van der Waals surface area contributed by atoms with Crippen LogP contribution in [0.2, 0.25) is 0 Å². The summed E-state index contributed by atoms with van der Waals surface area (Å²) in [7, 11) is 0. The highest BCUT2D eigenvalue weighted by molar-refractivity contribution is 8.00. The lowest BCUT2D eigenvalue weighted by Crippen LogP contribution is -2.27. The zero-order valence-corrected chi connectivity index (χ0v) is 10.9. The van der Waals surface area contributed by atoms with Gasteiger partial charge in [-0.25, -0.2) is 4.39 Å². The van der Waals surface area contributed by atoms with Crippen LogP contribution in [0.25, 0.3) is 0 Å². The fraction of sp³-hybridized carbons (Fsp3) is 0.133. The molecule has 1 aliphatic heterocycles. The fourth-order valence-corrected chi connectivity index (χ4v) is 3.37. The molecule has 0 radical (unpaired) electrons. The van der Waals surface area contributed by atoms with Gasteiger partial charge in [-0.1, -0.05) is 36.4 Å². The van der Waals surface area contributed by atoms with E-state index in [0.29, 0.717) is 11.4 Å². The van der Waals surface area contributed by atoms with E-state index >= 15 is 0 Å². The van der Waals surface area contributed by atoms with Crippen LogP contribution < -0.4 is 4.90 Å². The number of amides is 1. The third-order valence-electron chi connectivity index (χ3n) is 3.04. The average Bonchev–Trinajstić information content (AvgIpc) is 2.82. The van der Waals surface area contributed by atoms with Crippen LogP contribution in [0.3, 0.4) is 0 Å². The molecule has 0 bridgehead atoms. The molecular formula is C15H12FNOS. The van der Waals surface area contributed by atoms with Crippen molar-refractivity contribution in [1.82, 2.24) is 0 Å². The molecule has 0 unspecified atom stereocenters. The Labute approximate surface area is 115 Å². The number of hydrogen-bond donors (Lipinski definition) is 0. The Balaban J connectivity index is 2.00. The quantitative estimate of drug-likeness (QED) is 0.833. The summed E-state index contributed by atoms with van der Waals surface area (Å²) in [6.45, 7) is 0. The SMILES string of the molecule is O=C1CS[C@H](c2ccccc2)N1c1cccc(F)c1. The molecule has 19 heavy (non-hydrogen) atoms. The number of hydrogen-bond acceptors (Lipinski definition) is 2. The molecule has 1 heterocycles. The standard InChI is InChI=1S/C15H12FNOS/c16-12-7-4-8-13(9-12)17-14(18)10-19-15(17)11-5-2-1-3-6-11/h1-9,15H,10H2/t15-/m1/s1. The van der Waals surface area contributed by atoms with Crippen LogP contribution in [0.5, 0.6) is 0 Å². The molecule has 0 saturated carbocycles. The van der Waals surface area contributed by atoms with Gasteiger partial charge in [0.1, 0.15) is 11.2 Å². The number of nitrogens with zero attached hydrogens (tertiary/aromatic N) is 1. The predicted molar refractivity (Wildman–Crippen MR) is 75.5 cm³/mol. The number of benzene rings is 2. The first-order valence-electron chi connectivity index (χ1n) is 6.00. The molecule has 0 aliphatic carbocycles. The number of thioether (sulfide) groups is 1. The molecule has 0 spiro atoms. The average molecular weight is 273 g/mol. The largest absolute Gasteiger partial charge is 0.295 e. The summed E-state index contributed by atoms with van der Waals surface area (Å²) in [5.74, 6) is 0.120. The molecule has 2 nitrogen and oxygen atoms in total. The van der Waals surface area contributed by atoms with Gasteiger partial charge in [0.25, 0.3) is 0 Å². The first-order valence-corrected chi connectivity index (χ1v) is 7.05. The molecule has 1 saturated heterocycles. The van der Waals surface area contributed by atoms with Crippen molar-refractivity contribution in [2.75, 3.05) is 10.7 Å². The second-order valence-electron chi connectivity index (χ2n) is 4.32. The summed E-state index contributed by atoms with van der Waals surface area (Å²) in [6.07, 6.45) is 0. The molecule has 4 heteroatoms. The summed E-state index contributed by atoms with van der Waals surface area (Å²) < 4.78 is 13.3. The minimum Gasteiger partial charge on any atom is -0.295 e. The minimum atomic E-state index is -0.325. The van der Waals surface area contributed by atoms with Gasteiger partial charge in [0.2, 0.25) is 5.91 Å². The Bertz CT molecular complexity index is 602. The lowest BCUT2D eigenvalue weighted by molar-refractivity contribution is -0.115. The van der Waals surface area contributed by atoms with Crippen LogP contribution in [0.4, 0.5) is 10.1 Å². The van der Waals surface area contributed by atoms with Crippen LogP contribution >= 0.6 is 11.8 Å². The van der Waals surface area contributed by atoms with Gasteiger partial charge in [0.05, 0.1) is 5.75 Å². The van der Waals surface area contributed by atoms with Gasteiger partial charge in [0.15, 0.2) is 0 Å². The molecule has 1 fully saturated rings. The third-order valence-corrected chi connectivity index (χ3v) is 4.25. The Morgan fingerprint density at radius 2 is 1.89 bits per heavy atom. The summed E-state index contributed by atoms with van der Waals surface area (Å²) in [4.78, 5) is 13.7. The van der Waals surface area contributed by atoms with E-state index in [2.05, 4.69) is 0 Å². The maximum Gasteiger partial charge on any atom is 0.238 e. The normalized spacial score (nSPS) is 18.9. The Hall–Kier alpha value is -1.81. The van der Waals surface area contributed by atoms with Crippen molar-refractivity contribution >= 4 is 23.4 Å². The van der Waals surface area contributed by atoms with Crippen LogP contribution in [0.1, 0.15) is 10.9 Å². The number of halogens is 1. The predicted octanol–water partition coefficient (Wildman–Crippen LogP) is 3.60. The summed E-state index contributed by atoms with van der Waals surface area (Å²) >= 11 is 1.57. The summed E-state index contributed by atoms with van der Waals surface area (Å²) in [5.41, 5.74) is 1.67. The van der Waals surface area contributed by atoms with Gasteiger partial charge < -0.3 is 0 Å². The molecule has 0 N–H and O–H groups in total. The third kappa shape index (κ3) is 2.36. The van der Waals surface area contributed by atoms with E-state index in [1.807, 2.05) is 30.3 Å². The highest BCUT2D eigenvalue weighted by Crippen LogP contribution is 2.41. The second kappa shape index (κ2) is 5.05.